The van der Waals surface area contributed by atoms with Crippen LogP contribution in [0.5, 0.6) is 0 Å². The first kappa shape index (κ1) is 24.9. The van der Waals surface area contributed by atoms with E-state index in [0.29, 0.717) is 36.1 Å². The predicted molar refractivity (Wildman–Crippen MR) is 141 cm³/mol. The second kappa shape index (κ2) is 10.2. The Hall–Kier alpha value is -3.22. The zero-order valence-electron chi connectivity index (χ0n) is 21.3. The molecular formula is C28H37N5O2. The van der Waals surface area contributed by atoms with Crippen LogP contribution in [0.2, 0.25) is 0 Å². The highest BCUT2D eigenvalue weighted by Gasteiger charge is 2.39. The van der Waals surface area contributed by atoms with Gasteiger partial charge in [0.25, 0.3) is 5.91 Å². The lowest BCUT2D eigenvalue weighted by Gasteiger charge is -2.28. The number of nitrogens with zero attached hydrogens (tertiary/aromatic N) is 3. The molecule has 35 heavy (non-hydrogen) atoms. The van der Waals surface area contributed by atoms with E-state index < -0.39 is 5.91 Å². The summed E-state index contributed by atoms with van der Waals surface area (Å²) >= 11 is 0. The maximum Gasteiger partial charge on any atom is 0.252 e. The van der Waals surface area contributed by atoms with Gasteiger partial charge in [-0.1, -0.05) is 46.3 Å². The van der Waals surface area contributed by atoms with Crippen molar-refractivity contribution >= 4 is 34.8 Å². The van der Waals surface area contributed by atoms with Crippen molar-refractivity contribution in [2.75, 3.05) is 6.54 Å². The summed E-state index contributed by atoms with van der Waals surface area (Å²) in [6.07, 6.45) is 15.1. The van der Waals surface area contributed by atoms with Gasteiger partial charge >= 0.3 is 0 Å². The van der Waals surface area contributed by atoms with Crippen LogP contribution in [0.15, 0.2) is 41.2 Å². The second-order valence-corrected chi connectivity index (χ2v) is 10.5. The fourth-order valence-corrected chi connectivity index (χ4v) is 5.06. The molecule has 2 aliphatic carbocycles. The van der Waals surface area contributed by atoms with Crippen LogP contribution in [0.3, 0.4) is 0 Å². The molecule has 2 amide bonds. The lowest BCUT2D eigenvalue weighted by molar-refractivity contribution is -0.117. The topological polar surface area (TPSA) is 102 Å². The van der Waals surface area contributed by atoms with Crippen LogP contribution in [0, 0.1) is 17.3 Å². The largest absolute Gasteiger partial charge is 0.365 e. The first-order chi connectivity index (χ1) is 16.7. The van der Waals surface area contributed by atoms with Gasteiger partial charge in [0.15, 0.2) is 0 Å². The van der Waals surface area contributed by atoms with Gasteiger partial charge in [-0.05, 0) is 66.6 Å². The summed E-state index contributed by atoms with van der Waals surface area (Å²) in [5.74, 6) is 0.447. The summed E-state index contributed by atoms with van der Waals surface area (Å²) in [5.41, 5.74) is 10.4. The fourth-order valence-electron chi connectivity index (χ4n) is 5.06. The van der Waals surface area contributed by atoms with Gasteiger partial charge in [-0.25, -0.2) is 4.52 Å². The molecule has 3 N–H and O–H groups in total. The maximum atomic E-state index is 12.4. The smallest absolute Gasteiger partial charge is 0.252 e. The van der Waals surface area contributed by atoms with Crippen LogP contribution in [0.4, 0.5) is 5.69 Å². The molecule has 2 aromatic heterocycles. The Balaban J connectivity index is 1.64. The molecule has 0 radical (unpaired) electrons. The van der Waals surface area contributed by atoms with Crippen molar-refractivity contribution < 1.29 is 9.59 Å². The van der Waals surface area contributed by atoms with E-state index in [1.807, 2.05) is 30.6 Å². The highest BCUT2D eigenvalue weighted by atomic mass is 16.2. The van der Waals surface area contributed by atoms with Crippen molar-refractivity contribution in [1.29, 1.82) is 0 Å². The zero-order valence-corrected chi connectivity index (χ0v) is 21.3. The number of unbranched alkanes of at least 4 members (excludes halogenated alkanes) is 1. The number of fused-ring (bicyclic) bond motifs is 1. The van der Waals surface area contributed by atoms with Gasteiger partial charge in [0, 0.05) is 24.5 Å². The molecule has 1 fully saturated rings. The first-order valence-electron chi connectivity index (χ1n) is 12.8. The number of nitrogens with one attached hydrogen (secondary N) is 1. The van der Waals surface area contributed by atoms with E-state index in [2.05, 4.69) is 38.1 Å². The summed E-state index contributed by atoms with van der Waals surface area (Å²) in [4.78, 5) is 29.4. The second-order valence-electron chi connectivity index (χ2n) is 10.5. The summed E-state index contributed by atoms with van der Waals surface area (Å²) in [5, 5.41) is 7.41. The predicted octanol–water partition coefficient (Wildman–Crippen LogP) is 5.23. The Morgan fingerprint density at radius 3 is 2.71 bits per heavy atom. The van der Waals surface area contributed by atoms with E-state index in [9.17, 15) is 9.59 Å². The van der Waals surface area contributed by atoms with Crippen LogP contribution >= 0.6 is 0 Å². The van der Waals surface area contributed by atoms with Crippen molar-refractivity contribution in [3.63, 3.8) is 0 Å². The monoisotopic (exact) mass is 475 g/mol. The Kier molecular flexibility index (Phi) is 7.24. The van der Waals surface area contributed by atoms with Crippen molar-refractivity contribution in [2.24, 2.45) is 28.0 Å². The molecule has 2 heterocycles. The number of nitrogens with two attached hydrogens (primary N) is 1. The highest BCUT2D eigenvalue weighted by molar-refractivity contribution is 6.02. The molecule has 7 heteroatoms. The average Bonchev–Trinajstić information content (AvgIpc) is 3.38. The molecular weight excluding hydrogens is 438 g/mol. The number of primary amides is 1. The van der Waals surface area contributed by atoms with E-state index >= 15 is 0 Å². The number of allylic oxidation sites excluding steroid dienone is 3. The van der Waals surface area contributed by atoms with Crippen LogP contribution in [0.1, 0.15) is 82.1 Å². The number of carbonyl (C=O) groups excluding carboxylic acids is 2. The minimum Gasteiger partial charge on any atom is -0.365 e. The molecule has 2 unspecified atom stereocenters. The number of rotatable bonds is 8. The SMILES string of the molecule is CCCCNC(=O)C1=CC=C(c2cc3c(N=CC4CCC(C)C4(C)C)c(C(N)=O)cnn3c2)CC1. The molecule has 186 valence electrons. The van der Waals surface area contributed by atoms with E-state index in [-0.39, 0.29) is 11.3 Å². The summed E-state index contributed by atoms with van der Waals surface area (Å²) in [6.45, 7) is 9.68. The van der Waals surface area contributed by atoms with Crippen LogP contribution in [0.25, 0.3) is 11.1 Å². The molecule has 4 rings (SSSR count). The number of carbonyl (C=O) groups is 2. The van der Waals surface area contributed by atoms with E-state index in [1.54, 1.807) is 4.52 Å². The van der Waals surface area contributed by atoms with Crippen LogP contribution in [-0.2, 0) is 4.79 Å². The first-order valence-corrected chi connectivity index (χ1v) is 12.8. The molecule has 2 atom stereocenters. The normalized spacial score (nSPS) is 21.8. The Labute approximate surface area is 207 Å². The minimum atomic E-state index is -0.535. The van der Waals surface area contributed by atoms with Crippen molar-refractivity contribution in [3.05, 3.63) is 47.3 Å². The number of hydrogen-bond donors (Lipinski definition) is 2. The lowest BCUT2D eigenvalue weighted by atomic mass is 9.77. The van der Waals surface area contributed by atoms with Gasteiger partial charge in [-0.2, -0.15) is 5.10 Å². The van der Waals surface area contributed by atoms with Gasteiger partial charge in [0.05, 0.1) is 17.3 Å². The number of hydrogen-bond acceptors (Lipinski definition) is 4. The molecule has 2 aromatic rings. The molecule has 0 saturated heterocycles. The standard InChI is InChI=1S/C28H37N5O2/c1-5-6-13-30-27(35)20-10-8-19(9-11-20)21-14-24-25(23(26(29)34)16-32-33(24)17-21)31-15-22-12-7-18(2)28(22,3)4/h8,10,14-18,22H,5-7,9,11-13H2,1-4H3,(H2,29,34)(H,30,35). The third-order valence-electron chi connectivity index (χ3n) is 8.02. The summed E-state index contributed by atoms with van der Waals surface area (Å²) in [6, 6.07) is 2.01. The molecule has 1 saturated carbocycles. The maximum absolute atomic E-state index is 12.4. The average molecular weight is 476 g/mol. The molecule has 0 aromatic carbocycles. The van der Waals surface area contributed by atoms with Gasteiger partial charge in [-0.3, -0.25) is 14.6 Å². The minimum absolute atomic E-state index is 0.0179. The quantitative estimate of drug-likeness (QED) is 0.404. The van der Waals surface area contributed by atoms with Crippen molar-refractivity contribution in [1.82, 2.24) is 14.9 Å². The van der Waals surface area contributed by atoms with Gasteiger partial charge < -0.3 is 11.1 Å². The van der Waals surface area contributed by atoms with E-state index in [0.717, 1.165) is 47.9 Å². The highest BCUT2D eigenvalue weighted by Crippen LogP contribution is 2.46. The zero-order chi connectivity index (χ0) is 25.2. The van der Waals surface area contributed by atoms with Gasteiger partial charge in [0.2, 0.25) is 5.91 Å². The van der Waals surface area contributed by atoms with Crippen molar-refractivity contribution in [3.8, 4) is 0 Å². The Morgan fingerprint density at radius 2 is 2.09 bits per heavy atom. The fraction of sp³-hybridized carbons (Fsp3) is 0.500. The molecule has 0 aliphatic heterocycles. The molecule has 0 bridgehead atoms. The van der Waals surface area contributed by atoms with E-state index in [1.165, 1.54) is 12.6 Å². The molecule has 2 aliphatic rings. The Morgan fingerprint density at radius 1 is 1.29 bits per heavy atom. The third-order valence-corrected chi connectivity index (χ3v) is 8.02. The van der Waals surface area contributed by atoms with Gasteiger partial charge in [-0.15, -0.1) is 0 Å². The number of aliphatic imine (C=N–C) groups is 1. The van der Waals surface area contributed by atoms with Gasteiger partial charge in [0.1, 0.15) is 5.69 Å². The number of amides is 2. The van der Waals surface area contributed by atoms with Crippen LogP contribution < -0.4 is 11.1 Å². The number of aromatic nitrogens is 2. The molecule has 0 spiro atoms. The lowest BCUT2D eigenvalue weighted by Crippen LogP contribution is -2.26. The Bertz CT molecular complexity index is 1220. The van der Waals surface area contributed by atoms with Crippen molar-refractivity contribution in [2.45, 2.75) is 66.2 Å². The molecule has 7 nitrogen and oxygen atoms in total. The third kappa shape index (κ3) is 5.09. The van der Waals surface area contributed by atoms with E-state index in [4.69, 9.17) is 10.7 Å². The summed E-state index contributed by atoms with van der Waals surface area (Å²) in [7, 11) is 0. The van der Waals surface area contributed by atoms with Crippen LogP contribution in [-0.4, -0.2) is 34.2 Å². The summed E-state index contributed by atoms with van der Waals surface area (Å²) < 4.78 is 1.76.